The molecule has 0 aromatic rings. The molecule has 0 bridgehead atoms. The molecule has 1 rings (SSSR count). The molecular formula is C12H25NO2. The van der Waals surface area contributed by atoms with Gasteiger partial charge in [0.25, 0.3) is 0 Å². The van der Waals surface area contributed by atoms with Gasteiger partial charge in [-0.05, 0) is 18.8 Å². The lowest BCUT2D eigenvalue weighted by atomic mass is 9.88. The van der Waals surface area contributed by atoms with Crippen LogP contribution >= 0.6 is 0 Å². The third-order valence-electron chi connectivity index (χ3n) is 3.13. The molecule has 2 unspecified atom stereocenters. The van der Waals surface area contributed by atoms with E-state index in [9.17, 15) is 0 Å². The summed E-state index contributed by atoms with van der Waals surface area (Å²) in [6.45, 7) is 5.77. The predicted molar refractivity (Wildman–Crippen MR) is 62.1 cm³/mol. The molecule has 0 heterocycles. The molecule has 3 heteroatoms. The fourth-order valence-electron chi connectivity index (χ4n) is 2.11. The Morgan fingerprint density at radius 1 is 1.13 bits per heavy atom. The fraction of sp³-hybridized carbons (Fsp3) is 1.00. The van der Waals surface area contributed by atoms with E-state index in [2.05, 4.69) is 12.2 Å². The van der Waals surface area contributed by atoms with E-state index in [0.717, 1.165) is 32.2 Å². The van der Waals surface area contributed by atoms with E-state index >= 15 is 0 Å². The summed E-state index contributed by atoms with van der Waals surface area (Å²) < 4.78 is 10.8. The van der Waals surface area contributed by atoms with Crippen molar-refractivity contribution in [1.82, 2.24) is 5.32 Å². The van der Waals surface area contributed by atoms with Gasteiger partial charge >= 0.3 is 0 Å². The zero-order chi connectivity index (χ0) is 10.9. The summed E-state index contributed by atoms with van der Waals surface area (Å²) in [5.41, 5.74) is 0. The van der Waals surface area contributed by atoms with E-state index < -0.39 is 0 Å². The average molecular weight is 215 g/mol. The van der Waals surface area contributed by atoms with Crippen molar-refractivity contribution in [2.24, 2.45) is 5.92 Å². The molecule has 1 saturated carbocycles. The van der Waals surface area contributed by atoms with Crippen molar-refractivity contribution >= 4 is 0 Å². The van der Waals surface area contributed by atoms with Gasteiger partial charge in [-0.25, -0.2) is 0 Å². The van der Waals surface area contributed by atoms with Gasteiger partial charge in [0.1, 0.15) is 0 Å². The highest BCUT2D eigenvalue weighted by Crippen LogP contribution is 2.25. The van der Waals surface area contributed by atoms with Gasteiger partial charge in [-0.2, -0.15) is 0 Å². The molecular weight excluding hydrogens is 190 g/mol. The van der Waals surface area contributed by atoms with Gasteiger partial charge in [0.2, 0.25) is 0 Å². The van der Waals surface area contributed by atoms with Crippen LogP contribution in [0.1, 0.15) is 32.6 Å². The Balaban J connectivity index is 1.94. The number of methoxy groups -OCH3 is 1. The largest absolute Gasteiger partial charge is 0.383 e. The molecule has 0 aromatic heterocycles. The van der Waals surface area contributed by atoms with Crippen molar-refractivity contribution in [2.75, 3.05) is 33.4 Å². The lowest BCUT2D eigenvalue weighted by molar-refractivity contribution is -0.00341. The Morgan fingerprint density at radius 3 is 2.60 bits per heavy atom. The fourth-order valence-corrected chi connectivity index (χ4v) is 2.11. The predicted octanol–water partition coefficient (Wildman–Crippen LogP) is 1.82. The molecule has 1 fully saturated rings. The van der Waals surface area contributed by atoms with Crippen LogP contribution in [0.2, 0.25) is 0 Å². The Kier molecular flexibility index (Phi) is 6.98. The van der Waals surface area contributed by atoms with Crippen molar-refractivity contribution in [3.05, 3.63) is 0 Å². The van der Waals surface area contributed by atoms with Crippen molar-refractivity contribution in [3.8, 4) is 0 Å². The summed E-state index contributed by atoms with van der Waals surface area (Å²) in [4.78, 5) is 0. The van der Waals surface area contributed by atoms with Crippen LogP contribution in [0.25, 0.3) is 0 Å². The first-order chi connectivity index (χ1) is 7.34. The molecule has 0 radical (unpaired) electrons. The Labute approximate surface area is 93.5 Å². The maximum Gasteiger partial charge on any atom is 0.0601 e. The number of hydrogen-bond donors (Lipinski definition) is 1. The molecule has 0 spiro atoms. The minimum absolute atomic E-state index is 0.503. The van der Waals surface area contributed by atoms with Gasteiger partial charge in [-0.15, -0.1) is 0 Å². The third kappa shape index (κ3) is 5.50. The molecule has 0 aliphatic heterocycles. The average Bonchev–Trinajstić information content (AvgIpc) is 2.25. The van der Waals surface area contributed by atoms with Crippen LogP contribution in [0.4, 0.5) is 0 Å². The Bertz CT molecular complexity index is 153. The second kappa shape index (κ2) is 8.08. The van der Waals surface area contributed by atoms with E-state index in [1.165, 1.54) is 25.7 Å². The smallest absolute Gasteiger partial charge is 0.0601 e. The molecule has 90 valence electrons. The molecule has 1 aliphatic carbocycles. The topological polar surface area (TPSA) is 30.5 Å². The van der Waals surface area contributed by atoms with Crippen LogP contribution in [0, 0.1) is 5.92 Å². The summed E-state index contributed by atoms with van der Waals surface area (Å²) in [5.74, 6) is 0.748. The van der Waals surface area contributed by atoms with Crippen molar-refractivity contribution in [2.45, 2.75) is 38.7 Å². The van der Waals surface area contributed by atoms with Gasteiger partial charge in [-0.3, -0.25) is 0 Å². The number of rotatable bonds is 7. The molecule has 0 amide bonds. The lowest BCUT2D eigenvalue weighted by Gasteiger charge is -2.28. The zero-order valence-electron chi connectivity index (χ0n) is 10.1. The SMILES string of the molecule is COCCNCCOC1CCCCC1C. The molecule has 1 aliphatic rings. The maximum atomic E-state index is 5.87. The van der Waals surface area contributed by atoms with Crippen LogP contribution in [-0.4, -0.2) is 39.5 Å². The Morgan fingerprint density at radius 2 is 1.87 bits per heavy atom. The third-order valence-corrected chi connectivity index (χ3v) is 3.13. The molecule has 0 saturated heterocycles. The van der Waals surface area contributed by atoms with E-state index in [1.54, 1.807) is 7.11 Å². The summed E-state index contributed by atoms with van der Waals surface area (Å²) in [6.07, 6.45) is 5.81. The van der Waals surface area contributed by atoms with E-state index in [4.69, 9.17) is 9.47 Å². The molecule has 15 heavy (non-hydrogen) atoms. The van der Waals surface area contributed by atoms with Gasteiger partial charge in [0, 0.05) is 20.2 Å². The molecule has 2 atom stereocenters. The highest BCUT2D eigenvalue weighted by atomic mass is 16.5. The number of ether oxygens (including phenoxy) is 2. The highest BCUT2D eigenvalue weighted by Gasteiger charge is 2.21. The first kappa shape index (κ1) is 12.9. The summed E-state index contributed by atoms with van der Waals surface area (Å²) in [6, 6.07) is 0. The summed E-state index contributed by atoms with van der Waals surface area (Å²) >= 11 is 0. The van der Waals surface area contributed by atoms with Gasteiger partial charge in [0.15, 0.2) is 0 Å². The molecule has 1 N–H and O–H groups in total. The van der Waals surface area contributed by atoms with Crippen molar-refractivity contribution < 1.29 is 9.47 Å². The lowest BCUT2D eigenvalue weighted by Crippen LogP contribution is -2.30. The first-order valence-electron chi connectivity index (χ1n) is 6.16. The zero-order valence-corrected chi connectivity index (χ0v) is 10.1. The van der Waals surface area contributed by atoms with Crippen LogP contribution in [0.5, 0.6) is 0 Å². The Hall–Kier alpha value is -0.120. The van der Waals surface area contributed by atoms with E-state index in [1.807, 2.05) is 0 Å². The normalized spacial score (nSPS) is 26.8. The standard InChI is InChI=1S/C12H25NO2/c1-11-5-3-4-6-12(11)15-10-8-13-7-9-14-2/h11-13H,3-10H2,1-2H3. The van der Waals surface area contributed by atoms with E-state index in [-0.39, 0.29) is 0 Å². The van der Waals surface area contributed by atoms with Gasteiger partial charge in [-0.1, -0.05) is 19.8 Å². The molecule has 3 nitrogen and oxygen atoms in total. The summed E-state index contributed by atoms with van der Waals surface area (Å²) in [7, 11) is 1.72. The van der Waals surface area contributed by atoms with Gasteiger partial charge in [0.05, 0.1) is 19.3 Å². The quantitative estimate of drug-likeness (QED) is 0.657. The minimum Gasteiger partial charge on any atom is -0.383 e. The minimum atomic E-state index is 0.503. The van der Waals surface area contributed by atoms with E-state index in [0.29, 0.717) is 6.10 Å². The van der Waals surface area contributed by atoms with Crippen LogP contribution in [0.15, 0.2) is 0 Å². The van der Waals surface area contributed by atoms with Crippen molar-refractivity contribution in [3.63, 3.8) is 0 Å². The van der Waals surface area contributed by atoms with Crippen LogP contribution in [0.3, 0.4) is 0 Å². The van der Waals surface area contributed by atoms with Crippen LogP contribution in [-0.2, 0) is 9.47 Å². The second-order valence-electron chi connectivity index (χ2n) is 4.41. The second-order valence-corrected chi connectivity index (χ2v) is 4.41. The molecule has 0 aromatic carbocycles. The van der Waals surface area contributed by atoms with Crippen LogP contribution < -0.4 is 5.32 Å². The number of nitrogens with one attached hydrogen (secondary N) is 1. The first-order valence-corrected chi connectivity index (χ1v) is 6.16. The summed E-state index contributed by atoms with van der Waals surface area (Å²) in [5, 5.41) is 3.29. The highest BCUT2D eigenvalue weighted by molar-refractivity contribution is 4.72. The monoisotopic (exact) mass is 215 g/mol. The van der Waals surface area contributed by atoms with Crippen molar-refractivity contribution in [1.29, 1.82) is 0 Å². The number of hydrogen-bond acceptors (Lipinski definition) is 3. The maximum absolute atomic E-state index is 5.87. The van der Waals surface area contributed by atoms with Gasteiger partial charge < -0.3 is 14.8 Å².